The van der Waals surface area contributed by atoms with Crippen LogP contribution in [0.4, 0.5) is 0 Å². The van der Waals surface area contributed by atoms with Crippen LogP contribution in [0.2, 0.25) is 0 Å². The number of esters is 4. The van der Waals surface area contributed by atoms with Gasteiger partial charge in [0.15, 0.2) is 34.3 Å². The molecule has 0 aliphatic rings. The maximum Gasteiger partial charge on any atom is 0.349 e. The summed E-state index contributed by atoms with van der Waals surface area (Å²) in [5, 5.41) is 73.7. The molecule has 248 valence electrons. The molecule has 3 rings (SSSR count). The molecule has 0 saturated carbocycles. The Labute approximate surface area is 263 Å². The number of phenolic OH excluding ortho intramolecular Hbond substituents is 5. The number of methoxy groups -OCH3 is 1. The Kier molecular flexibility index (Phi) is 12.4. The minimum Gasteiger partial charge on any atom is -0.507 e. The van der Waals surface area contributed by atoms with Gasteiger partial charge in [0.05, 0.1) is 25.5 Å². The molecule has 1 atom stereocenters. The van der Waals surface area contributed by atoms with E-state index in [2.05, 4.69) is 9.47 Å². The predicted molar refractivity (Wildman–Crippen MR) is 154 cm³/mol. The van der Waals surface area contributed by atoms with Crippen molar-refractivity contribution in [3.8, 4) is 34.5 Å². The molecule has 0 aliphatic heterocycles. The number of carbonyl (C=O) groups excluding carboxylic acids is 4. The van der Waals surface area contributed by atoms with E-state index in [0.29, 0.717) is 5.56 Å². The van der Waals surface area contributed by atoms with E-state index in [4.69, 9.17) is 20.1 Å². The molecule has 47 heavy (non-hydrogen) atoms. The first-order chi connectivity index (χ1) is 22.0. The number of aliphatic hydroxyl groups is 1. The highest BCUT2D eigenvalue weighted by Gasteiger charge is 2.41. The zero-order chi connectivity index (χ0) is 35.5. The summed E-state index contributed by atoms with van der Waals surface area (Å²) in [6, 6.07) is 11.3. The fourth-order valence-electron chi connectivity index (χ4n) is 3.41. The van der Waals surface area contributed by atoms with Gasteiger partial charge in [-0.25, -0.2) is 19.2 Å². The van der Waals surface area contributed by atoms with Crippen molar-refractivity contribution in [2.75, 3.05) is 7.11 Å². The number of aliphatic carboxylic acids is 2. The summed E-state index contributed by atoms with van der Waals surface area (Å²) >= 11 is 0. The highest BCUT2D eigenvalue weighted by molar-refractivity contribution is 6.04. The van der Waals surface area contributed by atoms with Crippen LogP contribution in [0.3, 0.4) is 0 Å². The first kappa shape index (κ1) is 36.6. The molecule has 0 bridgehead atoms. The SMILES string of the molecule is COc1cc(C=CC(=O)OC(=O)CC(O)(CC(=O)O)C(=O)O)ccc1O.O=C(OC(=O)c1ccccc1O)c1cc(O)c(O)c(O)c1. The molecule has 0 spiro atoms. The number of benzene rings is 3. The van der Waals surface area contributed by atoms with Gasteiger partial charge < -0.3 is 55.1 Å². The summed E-state index contributed by atoms with van der Waals surface area (Å²) in [6.07, 6.45) is -0.380. The molecule has 0 fully saturated rings. The summed E-state index contributed by atoms with van der Waals surface area (Å²) in [5.41, 5.74) is -3.02. The van der Waals surface area contributed by atoms with Crippen molar-refractivity contribution in [3.05, 3.63) is 77.4 Å². The van der Waals surface area contributed by atoms with Gasteiger partial charge in [-0.05, 0) is 48.0 Å². The lowest BCUT2D eigenvalue weighted by molar-refractivity contribution is -0.173. The average Bonchev–Trinajstić information content (AvgIpc) is 2.99. The third kappa shape index (κ3) is 10.5. The normalized spacial score (nSPS) is 11.7. The van der Waals surface area contributed by atoms with Gasteiger partial charge in [-0.2, -0.15) is 0 Å². The van der Waals surface area contributed by atoms with E-state index < -0.39 is 71.5 Å². The van der Waals surface area contributed by atoms with Crippen molar-refractivity contribution in [3.63, 3.8) is 0 Å². The van der Waals surface area contributed by atoms with Crippen LogP contribution in [-0.2, 0) is 28.7 Å². The number of phenols is 5. The van der Waals surface area contributed by atoms with E-state index in [9.17, 15) is 54.3 Å². The van der Waals surface area contributed by atoms with Crippen LogP contribution in [0.15, 0.2) is 60.7 Å². The summed E-state index contributed by atoms with van der Waals surface area (Å²) in [7, 11) is 1.33. The van der Waals surface area contributed by atoms with E-state index >= 15 is 0 Å². The molecule has 0 amide bonds. The number of hydrogen-bond donors (Lipinski definition) is 8. The Balaban J connectivity index is 0.000000333. The van der Waals surface area contributed by atoms with E-state index in [1.165, 1.54) is 55.7 Å². The summed E-state index contributed by atoms with van der Waals surface area (Å²) in [4.78, 5) is 68.1. The smallest absolute Gasteiger partial charge is 0.349 e. The molecule has 3 aromatic carbocycles. The van der Waals surface area contributed by atoms with Crippen molar-refractivity contribution in [2.24, 2.45) is 0 Å². The van der Waals surface area contributed by atoms with Gasteiger partial charge in [0.1, 0.15) is 11.3 Å². The van der Waals surface area contributed by atoms with Crippen molar-refractivity contribution < 1.29 is 83.8 Å². The van der Waals surface area contributed by atoms with Crippen molar-refractivity contribution in [1.29, 1.82) is 0 Å². The minimum absolute atomic E-state index is 0.117. The second kappa shape index (κ2) is 15.9. The Bertz CT molecular complexity index is 1700. The van der Waals surface area contributed by atoms with Crippen LogP contribution in [0, 0.1) is 0 Å². The Morgan fingerprint density at radius 3 is 1.91 bits per heavy atom. The number of aromatic hydroxyl groups is 5. The standard InChI is InChI=1S/C16H16O10.C14H10O7/c1-25-11-6-9(2-4-10(11)17)3-5-13(20)26-14(21)8-16(24,15(22)23)7-12(18)19;15-9-4-2-1-3-8(9)14(20)21-13(19)7-5-10(16)12(18)11(17)6-7/h2-6,17,24H,7-8H2,1H3,(H,18,19)(H,22,23);1-6,15-18H. The topological polar surface area (TPSA) is 292 Å². The van der Waals surface area contributed by atoms with Gasteiger partial charge in [-0.1, -0.05) is 18.2 Å². The molecular weight excluding hydrogens is 632 g/mol. The fourth-order valence-corrected chi connectivity index (χ4v) is 3.41. The molecule has 0 heterocycles. The maximum absolute atomic E-state index is 11.7. The van der Waals surface area contributed by atoms with Crippen molar-refractivity contribution in [2.45, 2.75) is 18.4 Å². The van der Waals surface area contributed by atoms with Gasteiger partial charge in [0.25, 0.3) is 0 Å². The van der Waals surface area contributed by atoms with Gasteiger partial charge in [-0.15, -0.1) is 0 Å². The molecule has 0 aliphatic carbocycles. The van der Waals surface area contributed by atoms with E-state index in [-0.39, 0.29) is 28.4 Å². The lowest BCUT2D eigenvalue weighted by Crippen LogP contribution is -2.43. The third-order valence-electron chi connectivity index (χ3n) is 5.72. The number of carboxylic acids is 2. The highest BCUT2D eigenvalue weighted by Crippen LogP contribution is 2.35. The molecule has 8 N–H and O–H groups in total. The summed E-state index contributed by atoms with van der Waals surface area (Å²) in [6.45, 7) is 0. The molecule has 0 aromatic heterocycles. The van der Waals surface area contributed by atoms with Gasteiger partial charge in [0.2, 0.25) is 0 Å². The van der Waals surface area contributed by atoms with Gasteiger partial charge in [-0.3, -0.25) is 9.59 Å². The predicted octanol–water partition coefficient (Wildman–Crippen LogP) is 1.67. The first-order valence-corrected chi connectivity index (χ1v) is 12.7. The number of rotatable bonds is 10. The average molecular weight is 659 g/mol. The molecule has 17 nitrogen and oxygen atoms in total. The number of carboxylic acid groups (broad SMARTS) is 2. The Morgan fingerprint density at radius 2 is 1.36 bits per heavy atom. The third-order valence-corrected chi connectivity index (χ3v) is 5.72. The van der Waals surface area contributed by atoms with Crippen LogP contribution in [-0.4, -0.2) is 89.4 Å². The largest absolute Gasteiger partial charge is 0.507 e. The van der Waals surface area contributed by atoms with Crippen LogP contribution >= 0.6 is 0 Å². The van der Waals surface area contributed by atoms with E-state index in [1.54, 1.807) is 0 Å². The molecule has 0 saturated heterocycles. The molecule has 17 heteroatoms. The number of carbonyl (C=O) groups is 6. The molecule has 3 aromatic rings. The van der Waals surface area contributed by atoms with Gasteiger partial charge >= 0.3 is 35.8 Å². The lowest BCUT2D eigenvalue weighted by atomic mass is 9.96. The number of hydrogen-bond acceptors (Lipinski definition) is 15. The second-order valence-corrected chi connectivity index (χ2v) is 9.20. The Hall–Kier alpha value is -6.62. The first-order valence-electron chi connectivity index (χ1n) is 12.7. The summed E-state index contributed by atoms with van der Waals surface area (Å²) < 4.78 is 13.7. The molecule has 1 unspecified atom stereocenters. The zero-order valence-electron chi connectivity index (χ0n) is 24.0. The lowest BCUT2D eigenvalue weighted by Gasteiger charge is -2.19. The minimum atomic E-state index is -2.89. The van der Waals surface area contributed by atoms with Gasteiger partial charge in [0, 0.05) is 6.08 Å². The molecule has 0 radical (unpaired) electrons. The second-order valence-electron chi connectivity index (χ2n) is 9.20. The quantitative estimate of drug-likeness (QED) is 0.0665. The highest BCUT2D eigenvalue weighted by atomic mass is 16.6. The van der Waals surface area contributed by atoms with Crippen LogP contribution < -0.4 is 4.74 Å². The molecular formula is C30H26O17. The van der Waals surface area contributed by atoms with E-state index in [1.807, 2.05) is 0 Å². The number of ether oxygens (including phenoxy) is 3. The zero-order valence-corrected chi connectivity index (χ0v) is 24.0. The van der Waals surface area contributed by atoms with Crippen molar-refractivity contribution in [1.82, 2.24) is 0 Å². The summed E-state index contributed by atoms with van der Waals surface area (Å²) in [5.74, 6) is -11.0. The van der Waals surface area contributed by atoms with E-state index in [0.717, 1.165) is 18.2 Å². The number of para-hydroxylation sites is 1. The van der Waals surface area contributed by atoms with Crippen molar-refractivity contribution >= 4 is 41.9 Å². The fraction of sp³-hybridized carbons (Fsp3) is 0.133. The van der Waals surface area contributed by atoms with Crippen LogP contribution in [0.5, 0.6) is 34.5 Å². The Morgan fingerprint density at radius 1 is 0.745 bits per heavy atom. The van der Waals surface area contributed by atoms with Crippen LogP contribution in [0.1, 0.15) is 39.1 Å². The maximum atomic E-state index is 11.7. The van der Waals surface area contributed by atoms with Crippen LogP contribution in [0.25, 0.3) is 6.08 Å². The monoisotopic (exact) mass is 658 g/mol.